The Kier molecular flexibility index (Phi) is 6.63. The summed E-state index contributed by atoms with van der Waals surface area (Å²) in [6.07, 6.45) is -1.70. The van der Waals surface area contributed by atoms with Crippen molar-refractivity contribution in [3.05, 3.63) is 90.0 Å². The first kappa shape index (κ1) is 23.0. The molecule has 7 nitrogen and oxygen atoms in total. The van der Waals surface area contributed by atoms with Crippen LogP contribution in [-0.2, 0) is 20.9 Å². The predicted octanol–water partition coefficient (Wildman–Crippen LogP) is 4.14. The van der Waals surface area contributed by atoms with Gasteiger partial charge in [-0.25, -0.2) is 4.79 Å². The van der Waals surface area contributed by atoms with Crippen molar-refractivity contribution in [2.75, 3.05) is 19.0 Å². The first-order valence-corrected chi connectivity index (χ1v) is 11.1. The van der Waals surface area contributed by atoms with Crippen molar-refractivity contribution in [3.8, 4) is 11.1 Å². The molecule has 3 aromatic carbocycles. The highest BCUT2D eigenvalue weighted by molar-refractivity contribution is 6.06. The lowest BCUT2D eigenvalue weighted by atomic mass is 9.95. The lowest BCUT2D eigenvalue weighted by molar-refractivity contribution is -0.133. The Balaban J connectivity index is 1.50. The van der Waals surface area contributed by atoms with Gasteiger partial charge >= 0.3 is 6.09 Å². The van der Waals surface area contributed by atoms with Crippen LogP contribution in [0.25, 0.3) is 11.1 Å². The van der Waals surface area contributed by atoms with Crippen LogP contribution in [0.4, 0.5) is 10.5 Å². The number of fused-ring (bicyclic) bond motifs is 3. The number of benzene rings is 3. The first-order chi connectivity index (χ1) is 16.4. The molecular formula is C27H27N3O4. The standard InChI is InChI=1S/C27H27N3O4/c1-18(34-27(33)29(2)17-19-11-5-4-6-12-19)25(31)28-24-22-15-8-7-13-20(22)21-14-9-10-16-23(21)30(3)26(24)32/h4-16,18,24H,17H2,1-3H3,(H,28,31)/t18?,24-/m0/s1. The summed E-state index contributed by atoms with van der Waals surface area (Å²) in [7, 11) is 3.30. The van der Waals surface area contributed by atoms with E-state index < -0.39 is 24.1 Å². The SMILES string of the molecule is CC(OC(=O)N(C)Cc1ccccc1)C(=O)N[C@@H]1C(=O)N(C)c2ccccc2-c2ccccc21. The number of rotatable bonds is 5. The van der Waals surface area contributed by atoms with Crippen LogP contribution in [-0.4, -0.2) is 43.0 Å². The number of carbonyl (C=O) groups is 3. The maximum Gasteiger partial charge on any atom is 0.410 e. The molecule has 3 amide bonds. The van der Waals surface area contributed by atoms with E-state index in [-0.39, 0.29) is 5.91 Å². The molecule has 0 spiro atoms. The van der Waals surface area contributed by atoms with Crippen molar-refractivity contribution in [2.24, 2.45) is 0 Å². The second kappa shape index (κ2) is 9.79. The molecule has 0 radical (unpaired) electrons. The highest BCUT2D eigenvalue weighted by atomic mass is 16.6. The molecule has 0 saturated heterocycles. The van der Waals surface area contributed by atoms with Gasteiger partial charge in [0, 0.05) is 26.2 Å². The molecule has 1 aliphatic rings. The molecule has 1 heterocycles. The number of para-hydroxylation sites is 1. The molecule has 174 valence electrons. The minimum absolute atomic E-state index is 0.273. The van der Waals surface area contributed by atoms with E-state index in [4.69, 9.17) is 4.74 Å². The Morgan fingerprint density at radius 3 is 2.32 bits per heavy atom. The average Bonchev–Trinajstić information content (AvgIpc) is 2.94. The van der Waals surface area contributed by atoms with Gasteiger partial charge in [0.1, 0.15) is 6.04 Å². The Morgan fingerprint density at radius 2 is 1.59 bits per heavy atom. The number of hydrogen-bond donors (Lipinski definition) is 1. The van der Waals surface area contributed by atoms with Crippen LogP contribution in [0.3, 0.4) is 0 Å². The molecule has 0 saturated carbocycles. The van der Waals surface area contributed by atoms with Crippen LogP contribution in [0, 0.1) is 0 Å². The summed E-state index contributed by atoms with van der Waals surface area (Å²) >= 11 is 0. The molecule has 34 heavy (non-hydrogen) atoms. The van der Waals surface area contributed by atoms with Crippen molar-refractivity contribution in [1.29, 1.82) is 0 Å². The summed E-state index contributed by atoms with van der Waals surface area (Å²) < 4.78 is 5.38. The second-order valence-electron chi connectivity index (χ2n) is 8.31. The Labute approximate surface area is 198 Å². The summed E-state index contributed by atoms with van der Waals surface area (Å²) in [5.41, 5.74) is 4.18. The lowest BCUT2D eigenvalue weighted by Gasteiger charge is -2.25. The third-order valence-corrected chi connectivity index (χ3v) is 5.91. The lowest BCUT2D eigenvalue weighted by Crippen LogP contribution is -2.45. The highest BCUT2D eigenvalue weighted by Crippen LogP contribution is 2.39. The fraction of sp³-hybridized carbons (Fsp3) is 0.222. The number of likely N-dealkylation sites (N-methyl/N-ethyl adjacent to an activating group) is 1. The van der Waals surface area contributed by atoms with Crippen molar-refractivity contribution >= 4 is 23.6 Å². The Bertz CT molecular complexity index is 1210. The minimum Gasteiger partial charge on any atom is -0.436 e. The average molecular weight is 458 g/mol. The molecule has 1 N–H and O–H groups in total. The highest BCUT2D eigenvalue weighted by Gasteiger charge is 2.34. The van der Waals surface area contributed by atoms with Gasteiger partial charge in [0.2, 0.25) is 0 Å². The van der Waals surface area contributed by atoms with Gasteiger partial charge in [0.05, 0.1) is 5.69 Å². The fourth-order valence-corrected chi connectivity index (χ4v) is 4.05. The summed E-state index contributed by atoms with van der Waals surface area (Å²) in [5, 5.41) is 2.80. The van der Waals surface area contributed by atoms with Crippen LogP contribution in [0.15, 0.2) is 78.9 Å². The monoisotopic (exact) mass is 457 g/mol. The third kappa shape index (κ3) is 4.64. The third-order valence-electron chi connectivity index (χ3n) is 5.91. The van der Waals surface area contributed by atoms with Gasteiger partial charge in [-0.1, -0.05) is 72.8 Å². The van der Waals surface area contributed by atoms with E-state index in [0.29, 0.717) is 12.1 Å². The van der Waals surface area contributed by atoms with Crippen molar-refractivity contribution < 1.29 is 19.1 Å². The minimum atomic E-state index is -1.08. The molecule has 1 unspecified atom stereocenters. The summed E-state index contributed by atoms with van der Waals surface area (Å²) in [6, 6.07) is 23.7. The van der Waals surface area contributed by atoms with E-state index in [0.717, 1.165) is 22.4 Å². The first-order valence-electron chi connectivity index (χ1n) is 11.1. The molecule has 0 fully saturated rings. The van der Waals surface area contributed by atoms with Gasteiger partial charge in [0.25, 0.3) is 11.8 Å². The van der Waals surface area contributed by atoms with E-state index in [1.54, 1.807) is 19.0 Å². The number of ether oxygens (including phenoxy) is 1. The molecule has 0 aliphatic carbocycles. The second-order valence-corrected chi connectivity index (χ2v) is 8.31. The maximum absolute atomic E-state index is 13.4. The van der Waals surface area contributed by atoms with Crippen molar-refractivity contribution in [2.45, 2.75) is 25.6 Å². The van der Waals surface area contributed by atoms with Gasteiger partial charge in [-0.2, -0.15) is 0 Å². The number of amides is 3. The summed E-state index contributed by atoms with van der Waals surface area (Å²) in [5.74, 6) is -0.820. The zero-order valence-corrected chi connectivity index (χ0v) is 19.4. The fourth-order valence-electron chi connectivity index (χ4n) is 4.05. The topological polar surface area (TPSA) is 79.0 Å². The van der Waals surface area contributed by atoms with Crippen LogP contribution < -0.4 is 10.2 Å². The Morgan fingerprint density at radius 1 is 0.971 bits per heavy atom. The number of nitrogens with zero attached hydrogens (tertiary/aromatic N) is 2. The number of nitrogens with one attached hydrogen (secondary N) is 1. The summed E-state index contributed by atoms with van der Waals surface area (Å²) in [4.78, 5) is 41.8. The van der Waals surface area contributed by atoms with Gasteiger partial charge in [-0.05, 0) is 29.7 Å². The van der Waals surface area contributed by atoms with Crippen molar-refractivity contribution in [3.63, 3.8) is 0 Å². The predicted molar refractivity (Wildman–Crippen MR) is 130 cm³/mol. The molecule has 4 rings (SSSR count). The van der Waals surface area contributed by atoms with Gasteiger partial charge in [0.15, 0.2) is 6.10 Å². The van der Waals surface area contributed by atoms with Gasteiger partial charge in [-0.15, -0.1) is 0 Å². The smallest absolute Gasteiger partial charge is 0.410 e. The zero-order valence-electron chi connectivity index (χ0n) is 19.4. The molecule has 7 heteroatoms. The Hall–Kier alpha value is -4.13. The number of carbonyl (C=O) groups excluding carboxylic acids is 3. The largest absolute Gasteiger partial charge is 0.436 e. The van der Waals surface area contributed by atoms with E-state index in [1.165, 1.54) is 11.8 Å². The van der Waals surface area contributed by atoms with Gasteiger partial charge in [-0.3, -0.25) is 9.59 Å². The number of anilines is 1. The van der Waals surface area contributed by atoms with Crippen LogP contribution in [0.1, 0.15) is 24.1 Å². The molecule has 3 aromatic rings. The molecule has 0 bridgehead atoms. The van der Waals surface area contributed by atoms with E-state index in [2.05, 4.69) is 5.32 Å². The van der Waals surface area contributed by atoms with E-state index in [9.17, 15) is 14.4 Å². The van der Waals surface area contributed by atoms with Crippen LogP contribution >= 0.6 is 0 Å². The molecule has 0 aromatic heterocycles. The van der Waals surface area contributed by atoms with E-state index in [1.807, 2.05) is 78.9 Å². The maximum atomic E-state index is 13.4. The normalized spacial score (nSPS) is 15.4. The summed E-state index contributed by atoms with van der Waals surface area (Å²) in [6.45, 7) is 1.85. The van der Waals surface area contributed by atoms with Gasteiger partial charge < -0.3 is 19.9 Å². The van der Waals surface area contributed by atoms with Crippen LogP contribution in [0.5, 0.6) is 0 Å². The zero-order chi connectivity index (χ0) is 24.2. The quantitative estimate of drug-likeness (QED) is 0.625. The number of hydrogen-bond acceptors (Lipinski definition) is 4. The van der Waals surface area contributed by atoms with E-state index >= 15 is 0 Å². The molecular weight excluding hydrogens is 430 g/mol. The molecule has 2 atom stereocenters. The van der Waals surface area contributed by atoms with Crippen molar-refractivity contribution in [1.82, 2.24) is 10.2 Å². The van der Waals surface area contributed by atoms with Crippen LogP contribution in [0.2, 0.25) is 0 Å². The molecule has 1 aliphatic heterocycles.